The van der Waals surface area contributed by atoms with E-state index in [0.29, 0.717) is 21.7 Å². The summed E-state index contributed by atoms with van der Waals surface area (Å²) in [6.07, 6.45) is 0.841. The second kappa shape index (κ2) is 15.3. The van der Waals surface area contributed by atoms with Crippen molar-refractivity contribution in [2.24, 2.45) is 0 Å². The molecule has 3 rings (SSSR count). The molecule has 1 aliphatic carbocycles. The first-order valence-corrected chi connectivity index (χ1v) is 15.5. The normalized spacial score (nSPS) is 15.4. The van der Waals surface area contributed by atoms with Crippen molar-refractivity contribution in [1.29, 1.82) is 0 Å². The van der Waals surface area contributed by atoms with E-state index in [1.807, 2.05) is 0 Å². The Bertz CT molecular complexity index is 1250. The van der Waals surface area contributed by atoms with Crippen LogP contribution in [0.1, 0.15) is 57.4 Å². The Hall–Kier alpha value is -2.98. The quantitative estimate of drug-likeness (QED) is 0.160. The summed E-state index contributed by atoms with van der Waals surface area (Å²) in [5.41, 5.74) is 1.57. The van der Waals surface area contributed by atoms with Crippen molar-refractivity contribution < 1.29 is 47.3 Å². The lowest BCUT2D eigenvalue weighted by atomic mass is 9.98. The van der Waals surface area contributed by atoms with Gasteiger partial charge in [-0.2, -0.15) is 0 Å². The summed E-state index contributed by atoms with van der Waals surface area (Å²) in [6, 6.07) is 10.1. The van der Waals surface area contributed by atoms with Gasteiger partial charge in [0.25, 0.3) is 0 Å². The highest BCUT2D eigenvalue weighted by molar-refractivity contribution is 7.51. The third-order valence-corrected chi connectivity index (χ3v) is 7.50. The number of benzene rings is 2. The molecule has 0 aromatic heterocycles. The van der Waals surface area contributed by atoms with Gasteiger partial charge in [-0.25, -0.2) is 9.18 Å². The molecule has 1 amide bonds. The van der Waals surface area contributed by atoms with Crippen molar-refractivity contribution in [2.75, 3.05) is 6.16 Å². The Morgan fingerprint density at radius 1 is 1.07 bits per heavy atom. The minimum Gasteiger partial charge on any atom is -0.431 e. The zero-order chi connectivity index (χ0) is 30.0. The fourth-order valence-electron chi connectivity index (χ4n) is 4.49. The molecule has 0 saturated heterocycles. The van der Waals surface area contributed by atoms with E-state index >= 15 is 0 Å². The molecule has 10 nitrogen and oxygen atoms in total. The van der Waals surface area contributed by atoms with Crippen LogP contribution in [0.3, 0.4) is 0 Å². The molecule has 0 unspecified atom stereocenters. The standard InChI is InChI=1S/C28H34ClFNO9P/c1-18(39-28(34)40-23-5-3-2-4-6-23)38-27(33)17-22(31-26(32)13-14-41(35,36)37)15-19-7-9-20(10-8-19)24-16-21(29)11-12-25(24)30/h7-12,16,18,22-23H,2-6,13-15,17H2,1H3,(H,31,32)(H2,35,36,37)/t18-,22-/m1/s1. The molecule has 2 atom stereocenters. The number of halogens is 2. The third-order valence-electron chi connectivity index (χ3n) is 6.46. The first-order valence-electron chi connectivity index (χ1n) is 13.3. The average Bonchev–Trinajstić information content (AvgIpc) is 2.89. The number of carbonyl (C=O) groups excluding carboxylic acids is 3. The summed E-state index contributed by atoms with van der Waals surface area (Å²) in [6.45, 7) is 1.36. The molecule has 2 aromatic rings. The van der Waals surface area contributed by atoms with Crippen molar-refractivity contribution >= 4 is 37.2 Å². The smallest absolute Gasteiger partial charge is 0.431 e. The van der Waals surface area contributed by atoms with Gasteiger partial charge in [0.05, 0.1) is 12.6 Å². The van der Waals surface area contributed by atoms with Crippen LogP contribution in [0.15, 0.2) is 42.5 Å². The number of esters is 1. The predicted molar refractivity (Wildman–Crippen MR) is 149 cm³/mol. The maximum Gasteiger partial charge on any atom is 0.511 e. The largest absolute Gasteiger partial charge is 0.511 e. The van der Waals surface area contributed by atoms with Crippen LogP contribution in [0.25, 0.3) is 11.1 Å². The van der Waals surface area contributed by atoms with Gasteiger partial charge in [-0.15, -0.1) is 0 Å². The summed E-state index contributed by atoms with van der Waals surface area (Å²) in [5, 5.41) is 2.98. The molecule has 2 aromatic carbocycles. The molecule has 1 aliphatic rings. The van der Waals surface area contributed by atoms with Crippen LogP contribution in [0.5, 0.6) is 0 Å². The topological polar surface area (TPSA) is 148 Å². The molecular weight excluding hydrogens is 580 g/mol. The van der Waals surface area contributed by atoms with Gasteiger partial charge in [-0.3, -0.25) is 14.2 Å². The van der Waals surface area contributed by atoms with Gasteiger partial charge in [-0.05, 0) is 61.4 Å². The van der Waals surface area contributed by atoms with Crippen LogP contribution < -0.4 is 5.32 Å². The Morgan fingerprint density at radius 3 is 2.41 bits per heavy atom. The van der Waals surface area contributed by atoms with E-state index in [4.69, 9.17) is 35.6 Å². The van der Waals surface area contributed by atoms with Gasteiger partial charge in [-0.1, -0.05) is 42.3 Å². The lowest BCUT2D eigenvalue weighted by Crippen LogP contribution is -2.39. The van der Waals surface area contributed by atoms with Gasteiger partial charge >= 0.3 is 19.7 Å². The molecule has 224 valence electrons. The van der Waals surface area contributed by atoms with E-state index in [0.717, 1.165) is 32.1 Å². The van der Waals surface area contributed by atoms with Crippen LogP contribution >= 0.6 is 19.2 Å². The molecule has 13 heteroatoms. The Balaban J connectivity index is 1.62. The monoisotopic (exact) mass is 613 g/mol. The third kappa shape index (κ3) is 11.8. The lowest BCUT2D eigenvalue weighted by molar-refractivity contribution is -0.169. The summed E-state index contributed by atoms with van der Waals surface area (Å²) >= 11 is 5.99. The van der Waals surface area contributed by atoms with Gasteiger partial charge in [0.15, 0.2) is 0 Å². The van der Waals surface area contributed by atoms with E-state index in [2.05, 4.69) is 5.32 Å². The van der Waals surface area contributed by atoms with Gasteiger partial charge < -0.3 is 29.3 Å². The van der Waals surface area contributed by atoms with Crippen molar-refractivity contribution in [3.8, 4) is 11.1 Å². The summed E-state index contributed by atoms with van der Waals surface area (Å²) < 4.78 is 40.9. The van der Waals surface area contributed by atoms with Crippen LogP contribution in [0.2, 0.25) is 5.02 Å². The van der Waals surface area contributed by atoms with E-state index in [-0.39, 0.29) is 18.9 Å². The highest BCUT2D eigenvalue weighted by Crippen LogP contribution is 2.34. The number of hydrogen-bond donors (Lipinski definition) is 3. The van der Waals surface area contributed by atoms with E-state index in [9.17, 15) is 23.3 Å². The molecule has 1 fully saturated rings. The fourth-order valence-corrected chi connectivity index (χ4v) is 5.15. The Kier molecular flexibility index (Phi) is 12.1. The zero-order valence-corrected chi connectivity index (χ0v) is 24.2. The molecule has 0 aliphatic heterocycles. The fraction of sp³-hybridized carbons (Fsp3) is 0.464. The molecule has 3 N–H and O–H groups in total. The zero-order valence-electron chi connectivity index (χ0n) is 22.6. The van der Waals surface area contributed by atoms with E-state index in [1.54, 1.807) is 24.3 Å². The molecule has 0 heterocycles. The number of amides is 1. The number of carbonyl (C=O) groups is 3. The second-order valence-corrected chi connectivity index (χ2v) is 12.1. The van der Waals surface area contributed by atoms with Crippen LogP contribution in [-0.4, -0.2) is 52.4 Å². The first kappa shape index (κ1) is 32.5. The first-order chi connectivity index (χ1) is 19.4. The Labute approximate surface area is 242 Å². The molecule has 0 radical (unpaired) electrons. The Morgan fingerprint density at radius 2 is 1.76 bits per heavy atom. The minimum atomic E-state index is -4.40. The van der Waals surface area contributed by atoms with Crippen molar-refractivity contribution in [1.82, 2.24) is 5.32 Å². The highest BCUT2D eigenvalue weighted by atomic mass is 35.5. The second-order valence-electron chi connectivity index (χ2n) is 9.94. The average molecular weight is 614 g/mol. The minimum absolute atomic E-state index is 0.147. The molecule has 41 heavy (non-hydrogen) atoms. The predicted octanol–water partition coefficient (Wildman–Crippen LogP) is 5.51. The summed E-state index contributed by atoms with van der Waals surface area (Å²) in [5.74, 6) is -1.89. The highest BCUT2D eigenvalue weighted by Gasteiger charge is 2.24. The number of ether oxygens (including phenoxy) is 3. The van der Waals surface area contributed by atoms with Gasteiger partial charge in [0.1, 0.15) is 11.9 Å². The number of rotatable bonds is 12. The molecule has 1 saturated carbocycles. The van der Waals surface area contributed by atoms with Gasteiger partial charge in [0, 0.05) is 30.0 Å². The van der Waals surface area contributed by atoms with Crippen molar-refractivity contribution in [3.05, 3.63) is 58.9 Å². The number of nitrogens with one attached hydrogen (secondary N) is 1. The van der Waals surface area contributed by atoms with Crippen molar-refractivity contribution in [2.45, 2.75) is 76.7 Å². The molecule has 0 bridgehead atoms. The van der Waals surface area contributed by atoms with Crippen molar-refractivity contribution in [3.63, 3.8) is 0 Å². The van der Waals surface area contributed by atoms with E-state index in [1.165, 1.54) is 25.1 Å². The maximum atomic E-state index is 14.3. The van der Waals surface area contributed by atoms with Gasteiger partial charge in [0.2, 0.25) is 12.2 Å². The van der Waals surface area contributed by atoms with Crippen LogP contribution in [0, 0.1) is 5.82 Å². The molecular formula is C28H34ClFNO9P. The SMILES string of the molecule is C[C@H](OC(=O)C[C@@H](Cc1ccc(-c2cc(Cl)ccc2F)cc1)NC(=O)CCP(=O)(O)O)OC(=O)OC1CCCCC1. The van der Waals surface area contributed by atoms with Crippen LogP contribution in [0.4, 0.5) is 9.18 Å². The molecule has 0 spiro atoms. The maximum absolute atomic E-state index is 14.3. The van der Waals surface area contributed by atoms with E-state index < -0.39 is 56.4 Å². The lowest BCUT2D eigenvalue weighted by Gasteiger charge is -2.23. The van der Waals surface area contributed by atoms with Crippen LogP contribution in [-0.2, 0) is 34.8 Å². The number of hydrogen-bond acceptors (Lipinski definition) is 7. The summed E-state index contributed by atoms with van der Waals surface area (Å²) in [4.78, 5) is 55.3. The summed E-state index contributed by atoms with van der Waals surface area (Å²) in [7, 11) is -4.40.